The summed E-state index contributed by atoms with van der Waals surface area (Å²) in [6.45, 7) is 4.32. The average Bonchev–Trinajstić information content (AvgIpc) is 3.31. The van der Waals surface area contributed by atoms with Crippen LogP contribution in [0.25, 0.3) is 17.2 Å². The molecule has 2 aromatic heterocycles. The minimum atomic E-state index is -0.337. The zero-order valence-electron chi connectivity index (χ0n) is 19.6. The van der Waals surface area contributed by atoms with Crippen molar-refractivity contribution in [2.45, 2.75) is 26.8 Å². The van der Waals surface area contributed by atoms with Crippen molar-refractivity contribution in [3.8, 4) is 11.4 Å². The summed E-state index contributed by atoms with van der Waals surface area (Å²) in [5.74, 6) is 0.646. The highest BCUT2D eigenvalue weighted by molar-refractivity contribution is 5.92. The van der Waals surface area contributed by atoms with Gasteiger partial charge >= 0.3 is 0 Å². The Bertz CT molecular complexity index is 1570. The zero-order valence-corrected chi connectivity index (χ0v) is 19.6. The van der Waals surface area contributed by atoms with E-state index in [1.807, 2.05) is 103 Å². The molecule has 0 aliphatic heterocycles. The molecular formula is C28H25N5O2. The van der Waals surface area contributed by atoms with Gasteiger partial charge in [-0.3, -0.25) is 9.59 Å². The highest BCUT2D eigenvalue weighted by Gasteiger charge is 2.21. The van der Waals surface area contributed by atoms with E-state index in [1.165, 1.54) is 4.52 Å². The summed E-state index contributed by atoms with van der Waals surface area (Å²) in [6, 6.07) is 27.1. The maximum Gasteiger partial charge on any atom is 0.279 e. The van der Waals surface area contributed by atoms with Crippen LogP contribution in [0.15, 0.2) is 89.7 Å². The number of anilines is 1. The average molecular weight is 464 g/mol. The van der Waals surface area contributed by atoms with Crippen molar-refractivity contribution in [3.05, 3.63) is 118 Å². The Kier molecular flexibility index (Phi) is 5.97. The van der Waals surface area contributed by atoms with Gasteiger partial charge in [0.15, 0.2) is 5.82 Å². The van der Waals surface area contributed by atoms with E-state index in [0.717, 1.165) is 16.7 Å². The van der Waals surface area contributed by atoms with E-state index in [4.69, 9.17) is 4.98 Å². The molecule has 0 fully saturated rings. The number of hydrogen-bond acceptors (Lipinski definition) is 4. The van der Waals surface area contributed by atoms with E-state index in [-0.39, 0.29) is 17.9 Å². The monoisotopic (exact) mass is 463 g/mol. The molecule has 0 unspecified atom stereocenters. The third-order valence-corrected chi connectivity index (χ3v) is 5.98. The van der Waals surface area contributed by atoms with Crippen LogP contribution in [-0.2, 0) is 17.8 Å². The van der Waals surface area contributed by atoms with E-state index in [9.17, 15) is 9.59 Å². The van der Waals surface area contributed by atoms with Crippen LogP contribution in [-0.4, -0.2) is 25.1 Å². The van der Waals surface area contributed by atoms with Gasteiger partial charge < -0.3 is 9.88 Å². The molecule has 1 amide bonds. The highest BCUT2D eigenvalue weighted by Crippen LogP contribution is 2.19. The van der Waals surface area contributed by atoms with Crippen molar-refractivity contribution in [1.29, 1.82) is 0 Å². The summed E-state index contributed by atoms with van der Waals surface area (Å²) in [5.41, 5.74) is 4.36. The molecule has 0 radical (unpaired) electrons. The summed E-state index contributed by atoms with van der Waals surface area (Å²) in [7, 11) is 0. The Morgan fingerprint density at radius 2 is 1.63 bits per heavy atom. The van der Waals surface area contributed by atoms with Crippen molar-refractivity contribution in [2.24, 2.45) is 0 Å². The SMILES string of the molecule is Cc1cccc(NC(=O)Cc2c(C)n(Cc3ccccc3)c3nc(-c4ccccc4)nn3c2=O)c1. The number of hydrogen-bond donors (Lipinski definition) is 1. The molecule has 0 saturated heterocycles. The van der Waals surface area contributed by atoms with Gasteiger partial charge in [-0.05, 0) is 37.1 Å². The lowest BCUT2D eigenvalue weighted by Crippen LogP contribution is -2.29. The van der Waals surface area contributed by atoms with Crippen LogP contribution in [0.3, 0.4) is 0 Å². The minimum Gasteiger partial charge on any atom is -0.326 e. The van der Waals surface area contributed by atoms with Crippen LogP contribution < -0.4 is 10.9 Å². The molecule has 0 bridgehead atoms. The molecule has 0 aliphatic carbocycles. The number of carbonyl (C=O) groups excluding carboxylic acids is 1. The number of nitrogens with one attached hydrogen (secondary N) is 1. The van der Waals surface area contributed by atoms with Crippen molar-refractivity contribution < 1.29 is 4.79 Å². The number of carbonyl (C=O) groups is 1. The lowest BCUT2D eigenvalue weighted by atomic mass is 10.1. The molecule has 2 heterocycles. The smallest absolute Gasteiger partial charge is 0.279 e. The number of nitrogens with zero attached hydrogens (tertiary/aromatic N) is 4. The van der Waals surface area contributed by atoms with E-state index in [2.05, 4.69) is 10.4 Å². The van der Waals surface area contributed by atoms with Gasteiger partial charge in [0.25, 0.3) is 5.56 Å². The van der Waals surface area contributed by atoms with Crippen molar-refractivity contribution in [2.75, 3.05) is 5.32 Å². The molecule has 0 spiro atoms. The Morgan fingerprint density at radius 1 is 0.914 bits per heavy atom. The summed E-state index contributed by atoms with van der Waals surface area (Å²) in [4.78, 5) is 31.1. The molecular weight excluding hydrogens is 438 g/mol. The lowest BCUT2D eigenvalue weighted by molar-refractivity contribution is -0.115. The van der Waals surface area contributed by atoms with Gasteiger partial charge in [0.05, 0.1) is 13.0 Å². The van der Waals surface area contributed by atoms with Gasteiger partial charge in [-0.15, -0.1) is 5.10 Å². The predicted molar refractivity (Wildman–Crippen MR) is 136 cm³/mol. The summed E-state index contributed by atoms with van der Waals surface area (Å²) in [6.07, 6.45) is -0.0656. The quantitative estimate of drug-likeness (QED) is 0.405. The summed E-state index contributed by atoms with van der Waals surface area (Å²) < 4.78 is 3.26. The van der Waals surface area contributed by atoms with Gasteiger partial charge in [0.2, 0.25) is 11.7 Å². The van der Waals surface area contributed by atoms with Crippen LogP contribution in [0.4, 0.5) is 5.69 Å². The van der Waals surface area contributed by atoms with Crippen LogP contribution in [0, 0.1) is 13.8 Å². The second-order valence-electron chi connectivity index (χ2n) is 8.55. The molecule has 5 aromatic rings. The molecule has 1 N–H and O–H groups in total. The molecule has 35 heavy (non-hydrogen) atoms. The summed E-state index contributed by atoms with van der Waals surface area (Å²) in [5, 5.41) is 7.43. The predicted octanol–water partition coefficient (Wildman–Crippen LogP) is 4.40. The molecule has 0 atom stereocenters. The van der Waals surface area contributed by atoms with E-state index in [0.29, 0.717) is 35.1 Å². The third-order valence-electron chi connectivity index (χ3n) is 5.98. The molecule has 7 nitrogen and oxygen atoms in total. The van der Waals surface area contributed by atoms with Crippen LogP contribution in [0.2, 0.25) is 0 Å². The molecule has 3 aromatic carbocycles. The fraction of sp³-hybridized carbons (Fsp3) is 0.143. The zero-order chi connectivity index (χ0) is 24.4. The highest BCUT2D eigenvalue weighted by atomic mass is 16.2. The van der Waals surface area contributed by atoms with Crippen LogP contribution in [0.1, 0.15) is 22.4 Å². The fourth-order valence-electron chi connectivity index (χ4n) is 4.17. The molecule has 7 heteroatoms. The Balaban J connectivity index is 1.60. The van der Waals surface area contributed by atoms with Crippen molar-refractivity contribution in [1.82, 2.24) is 19.2 Å². The second kappa shape index (κ2) is 9.38. The van der Waals surface area contributed by atoms with Crippen molar-refractivity contribution >= 4 is 17.4 Å². The van der Waals surface area contributed by atoms with E-state index in [1.54, 1.807) is 0 Å². The van der Waals surface area contributed by atoms with Crippen molar-refractivity contribution in [3.63, 3.8) is 0 Å². The largest absolute Gasteiger partial charge is 0.326 e. The normalized spacial score (nSPS) is 11.0. The Labute approximate surface area is 202 Å². The Morgan fingerprint density at radius 3 is 2.34 bits per heavy atom. The number of aryl methyl sites for hydroxylation is 1. The van der Waals surface area contributed by atoms with Gasteiger partial charge in [-0.1, -0.05) is 72.8 Å². The first-order valence-electron chi connectivity index (χ1n) is 11.4. The number of benzene rings is 3. The molecule has 0 saturated carbocycles. The first-order chi connectivity index (χ1) is 17.0. The van der Waals surface area contributed by atoms with Crippen LogP contribution >= 0.6 is 0 Å². The second-order valence-corrected chi connectivity index (χ2v) is 8.55. The van der Waals surface area contributed by atoms with Gasteiger partial charge in [0.1, 0.15) is 0 Å². The van der Waals surface area contributed by atoms with Gasteiger partial charge in [0, 0.05) is 22.5 Å². The Hall–Kier alpha value is -4.52. The standard InChI is InChI=1S/C28H25N5O2/c1-19-10-9-15-23(16-19)29-25(34)17-24-20(2)32(18-21-11-5-3-6-12-21)28-30-26(31-33(28)27(24)35)22-13-7-4-8-14-22/h3-16H,17-18H2,1-2H3,(H,29,34). The number of fused-ring (bicyclic) bond motifs is 1. The maximum atomic E-state index is 13.5. The van der Waals surface area contributed by atoms with Crippen LogP contribution in [0.5, 0.6) is 0 Å². The maximum absolute atomic E-state index is 13.5. The van der Waals surface area contributed by atoms with Gasteiger partial charge in [-0.2, -0.15) is 9.50 Å². The fourth-order valence-corrected chi connectivity index (χ4v) is 4.17. The molecule has 5 rings (SSSR count). The summed E-state index contributed by atoms with van der Waals surface area (Å²) >= 11 is 0. The molecule has 0 aliphatic rings. The van der Waals surface area contributed by atoms with E-state index >= 15 is 0 Å². The number of aromatic nitrogens is 4. The topological polar surface area (TPSA) is 81.3 Å². The molecule has 174 valence electrons. The lowest BCUT2D eigenvalue weighted by Gasteiger charge is -2.15. The number of rotatable bonds is 6. The first-order valence-corrected chi connectivity index (χ1v) is 11.4. The van der Waals surface area contributed by atoms with Gasteiger partial charge in [-0.25, -0.2) is 0 Å². The number of amides is 1. The third kappa shape index (κ3) is 4.61. The van der Waals surface area contributed by atoms with E-state index < -0.39 is 0 Å². The minimum absolute atomic E-state index is 0.0656. The first kappa shape index (κ1) is 22.3.